The number of hydrogen-bond donors (Lipinski definition) is 3. The maximum atomic E-state index is 11.0. The summed E-state index contributed by atoms with van der Waals surface area (Å²) in [5, 5.41) is 0. The Morgan fingerprint density at radius 2 is 1.92 bits per heavy atom. The van der Waals surface area contributed by atoms with Gasteiger partial charge in [-0.2, -0.15) is 0 Å². The largest absolute Gasteiger partial charge is 0.395 e. The van der Waals surface area contributed by atoms with Gasteiger partial charge < -0.3 is 20.9 Å². The average molecular weight is 196 g/mol. The Balaban J connectivity index is 4.26. The van der Waals surface area contributed by atoms with Crippen molar-refractivity contribution in [3.8, 4) is 0 Å². The van der Waals surface area contributed by atoms with E-state index in [1.54, 1.807) is 0 Å². The van der Waals surface area contributed by atoms with Gasteiger partial charge >= 0.3 is 13.6 Å². The van der Waals surface area contributed by atoms with E-state index in [0.717, 1.165) is 0 Å². The highest BCUT2D eigenvalue weighted by molar-refractivity contribution is 7.54. The molecule has 0 aliphatic carbocycles. The second-order valence-electron chi connectivity index (χ2n) is 2.50. The Bertz CT molecular complexity index is 215. The van der Waals surface area contributed by atoms with Gasteiger partial charge in [0.1, 0.15) is 11.8 Å². The van der Waals surface area contributed by atoms with Crippen LogP contribution in [0.2, 0.25) is 0 Å². The number of nitrogens with two attached hydrogens (primary N) is 2. The smallest absolute Gasteiger partial charge is 0.390 e. The van der Waals surface area contributed by atoms with E-state index in [9.17, 15) is 9.36 Å². The van der Waals surface area contributed by atoms with Crippen LogP contribution in [0.4, 0.5) is 0 Å². The van der Waals surface area contributed by atoms with Crippen molar-refractivity contribution in [2.75, 3.05) is 0 Å². The first-order valence-electron chi connectivity index (χ1n) is 3.34. The van der Waals surface area contributed by atoms with Crippen LogP contribution in [0.3, 0.4) is 0 Å². The minimum Gasteiger partial charge on any atom is -0.390 e. The fourth-order valence-electron chi connectivity index (χ4n) is 0.295. The number of carbonyl (C=O) groups excluding carboxylic acids is 1. The summed E-state index contributed by atoms with van der Waals surface area (Å²) < 4.78 is 15.1. The van der Waals surface area contributed by atoms with Crippen molar-refractivity contribution in [1.29, 1.82) is 0 Å². The molecule has 0 spiro atoms. The van der Waals surface area contributed by atoms with E-state index >= 15 is 0 Å². The van der Waals surface area contributed by atoms with Gasteiger partial charge in [-0.05, 0) is 13.8 Å². The van der Waals surface area contributed by atoms with Gasteiger partial charge in [-0.1, -0.05) is 0 Å². The van der Waals surface area contributed by atoms with Crippen molar-refractivity contribution >= 4 is 13.6 Å². The first kappa shape index (κ1) is 11.6. The minimum absolute atomic E-state index is 0.927. The second kappa shape index (κ2) is 4.00. The molecule has 0 amide bonds. The molecule has 1 unspecified atom stereocenters. The maximum absolute atomic E-state index is 11.0. The van der Waals surface area contributed by atoms with Crippen molar-refractivity contribution in [3.05, 3.63) is 0 Å². The average Bonchev–Trinajstić information content (AvgIpc) is 1.85. The van der Waals surface area contributed by atoms with Crippen LogP contribution in [0, 0.1) is 0 Å². The third-order valence-corrected chi connectivity index (χ3v) is 2.58. The Labute approximate surface area is 70.4 Å². The van der Waals surface area contributed by atoms with Crippen LogP contribution in [0.15, 0.2) is 0 Å². The highest BCUT2D eigenvalue weighted by Gasteiger charge is 2.30. The number of rotatable bonds is 3. The summed E-state index contributed by atoms with van der Waals surface area (Å²) in [7, 11) is -4.03. The molecule has 0 aromatic carbocycles. The third kappa shape index (κ3) is 3.32. The van der Waals surface area contributed by atoms with E-state index in [-0.39, 0.29) is 0 Å². The molecule has 0 rings (SSSR count). The molecule has 7 heteroatoms. The molecule has 3 atom stereocenters. The van der Waals surface area contributed by atoms with E-state index in [1.165, 1.54) is 13.8 Å². The lowest BCUT2D eigenvalue weighted by Gasteiger charge is -2.15. The highest BCUT2D eigenvalue weighted by atomic mass is 31.2. The molecule has 0 aliphatic heterocycles. The van der Waals surface area contributed by atoms with E-state index < -0.39 is 25.4 Å². The zero-order valence-corrected chi connectivity index (χ0v) is 7.82. The van der Waals surface area contributed by atoms with Gasteiger partial charge in [0, 0.05) is 0 Å². The summed E-state index contributed by atoms with van der Waals surface area (Å²) in [6.07, 6.45) is 0. The van der Waals surface area contributed by atoms with E-state index in [1.807, 2.05) is 0 Å². The van der Waals surface area contributed by atoms with Crippen molar-refractivity contribution in [2.45, 2.75) is 25.7 Å². The van der Waals surface area contributed by atoms with Crippen molar-refractivity contribution in [1.82, 2.24) is 0 Å². The first-order chi connectivity index (χ1) is 5.27. The molecular formula is C5H13N2O4P. The predicted molar refractivity (Wildman–Crippen MR) is 43.2 cm³/mol. The molecule has 12 heavy (non-hydrogen) atoms. The van der Waals surface area contributed by atoms with Crippen molar-refractivity contribution in [3.63, 3.8) is 0 Å². The molecule has 0 aromatic heterocycles. The lowest BCUT2D eigenvalue weighted by molar-refractivity contribution is -0.135. The zero-order valence-electron chi connectivity index (χ0n) is 6.93. The van der Waals surface area contributed by atoms with Crippen LogP contribution in [-0.4, -0.2) is 22.7 Å². The van der Waals surface area contributed by atoms with Gasteiger partial charge in [0.2, 0.25) is 0 Å². The molecular weight excluding hydrogens is 183 g/mol. The summed E-state index contributed by atoms with van der Waals surface area (Å²) in [6, 6.07) is -0.927. The summed E-state index contributed by atoms with van der Waals surface area (Å²) >= 11 is 0. The standard InChI is InChI=1S/C5H13N2O4P/c1-3(6)5(8)11-12(9,10)4(2)7/h3-4H,6-7H2,1-2H3,(H,9,10)/t3-,4-/m0/s1. The van der Waals surface area contributed by atoms with Crippen molar-refractivity contribution < 1.29 is 18.8 Å². The van der Waals surface area contributed by atoms with E-state index in [4.69, 9.17) is 16.4 Å². The van der Waals surface area contributed by atoms with Gasteiger partial charge in [0.05, 0.1) is 0 Å². The molecule has 0 radical (unpaired) electrons. The lowest BCUT2D eigenvalue weighted by atomic mass is 10.4. The fraction of sp³-hybridized carbons (Fsp3) is 0.800. The normalized spacial score (nSPS) is 20.8. The molecule has 0 aliphatic rings. The van der Waals surface area contributed by atoms with Crippen LogP contribution in [0.1, 0.15) is 13.8 Å². The highest BCUT2D eigenvalue weighted by Crippen LogP contribution is 2.44. The minimum atomic E-state index is -4.03. The molecule has 0 bridgehead atoms. The number of hydrogen-bond acceptors (Lipinski definition) is 5. The molecule has 6 nitrogen and oxygen atoms in total. The van der Waals surface area contributed by atoms with Crippen molar-refractivity contribution in [2.24, 2.45) is 11.5 Å². The van der Waals surface area contributed by atoms with Gasteiger partial charge in [-0.15, -0.1) is 0 Å². The molecule has 0 saturated carbocycles. The molecule has 0 aromatic rings. The van der Waals surface area contributed by atoms with Gasteiger partial charge in [0.15, 0.2) is 0 Å². The molecule has 5 N–H and O–H groups in total. The van der Waals surface area contributed by atoms with Crippen LogP contribution < -0.4 is 11.5 Å². The van der Waals surface area contributed by atoms with Gasteiger partial charge in [-0.25, -0.2) is 4.57 Å². The Morgan fingerprint density at radius 1 is 1.50 bits per heavy atom. The first-order valence-corrected chi connectivity index (χ1v) is 4.99. The van der Waals surface area contributed by atoms with Gasteiger partial charge in [-0.3, -0.25) is 4.79 Å². The second-order valence-corrected chi connectivity index (χ2v) is 4.63. The molecule has 0 heterocycles. The monoisotopic (exact) mass is 196 g/mol. The van der Waals surface area contributed by atoms with Gasteiger partial charge in [0.25, 0.3) is 0 Å². The van der Waals surface area contributed by atoms with Crippen LogP contribution in [0.5, 0.6) is 0 Å². The molecule has 72 valence electrons. The summed E-state index contributed by atoms with van der Waals surface area (Å²) in [6.45, 7) is 2.62. The van der Waals surface area contributed by atoms with Crippen LogP contribution in [0.25, 0.3) is 0 Å². The maximum Gasteiger partial charge on any atom is 0.395 e. The molecule has 0 fully saturated rings. The third-order valence-electron chi connectivity index (χ3n) is 1.11. The summed E-state index contributed by atoms with van der Waals surface area (Å²) in [5.74, 6) is -2.03. The van der Waals surface area contributed by atoms with Crippen LogP contribution in [-0.2, 0) is 13.9 Å². The number of carbonyl (C=O) groups is 1. The summed E-state index contributed by atoms with van der Waals surface area (Å²) in [4.78, 5) is 19.7. The SMILES string of the molecule is C[C@H](N)C(=O)OP(=O)(O)[C@@H](C)N. The topological polar surface area (TPSA) is 116 Å². The quantitative estimate of drug-likeness (QED) is 0.517. The Morgan fingerprint density at radius 3 is 2.17 bits per heavy atom. The predicted octanol–water partition coefficient (Wildman–Crippen LogP) is -0.633. The fourth-order valence-corrected chi connectivity index (χ4v) is 0.886. The van der Waals surface area contributed by atoms with Crippen LogP contribution >= 0.6 is 7.60 Å². The van der Waals surface area contributed by atoms with E-state index in [0.29, 0.717) is 0 Å². The Kier molecular flexibility index (Phi) is 3.86. The summed E-state index contributed by atoms with van der Waals surface area (Å²) in [5.41, 5.74) is 10.2. The Hall–Kier alpha value is -0.420. The zero-order chi connectivity index (χ0) is 9.94. The lowest BCUT2D eigenvalue weighted by Crippen LogP contribution is -2.30. The molecule has 0 saturated heterocycles. The van der Waals surface area contributed by atoms with E-state index in [2.05, 4.69) is 4.52 Å².